The maximum absolute atomic E-state index is 13.6. The number of carbonyl (C=O) groups excluding carboxylic acids is 1. The van der Waals surface area contributed by atoms with Crippen LogP contribution in [-0.4, -0.2) is 73.5 Å². The fraction of sp³-hybridized carbons (Fsp3) is 0.654. The summed E-state index contributed by atoms with van der Waals surface area (Å²) < 4.78 is 0. The average molecular weight is 410 g/mol. The predicted molar refractivity (Wildman–Crippen MR) is 124 cm³/mol. The summed E-state index contributed by atoms with van der Waals surface area (Å²) in [4.78, 5) is 20.8. The summed E-state index contributed by atoms with van der Waals surface area (Å²) in [5.41, 5.74) is 2.83. The third-order valence-electron chi connectivity index (χ3n) is 7.36. The minimum absolute atomic E-state index is 0.169. The summed E-state index contributed by atoms with van der Waals surface area (Å²) in [7, 11) is 2.21. The van der Waals surface area contributed by atoms with E-state index in [4.69, 9.17) is 0 Å². The molecule has 30 heavy (non-hydrogen) atoms. The molecular formula is C26H39N3O. The molecule has 0 bridgehead atoms. The highest BCUT2D eigenvalue weighted by Crippen LogP contribution is 2.28. The minimum atomic E-state index is 0.169. The molecule has 2 aliphatic carbocycles. The molecule has 0 spiro atoms. The quantitative estimate of drug-likeness (QED) is 0.644. The first-order valence-corrected chi connectivity index (χ1v) is 12.1. The highest BCUT2D eigenvalue weighted by atomic mass is 16.2. The Morgan fingerprint density at radius 3 is 2.63 bits per heavy atom. The number of carbonyl (C=O) groups is 1. The van der Waals surface area contributed by atoms with E-state index in [1.54, 1.807) is 0 Å². The highest BCUT2D eigenvalue weighted by Gasteiger charge is 2.29. The van der Waals surface area contributed by atoms with Gasteiger partial charge in [-0.05, 0) is 75.6 Å². The molecule has 1 heterocycles. The van der Waals surface area contributed by atoms with Crippen LogP contribution in [0.2, 0.25) is 0 Å². The molecule has 0 unspecified atom stereocenters. The van der Waals surface area contributed by atoms with Crippen molar-refractivity contribution in [1.29, 1.82) is 0 Å². The number of aryl methyl sites for hydroxylation is 1. The lowest BCUT2D eigenvalue weighted by atomic mass is 9.83. The maximum atomic E-state index is 13.6. The van der Waals surface area contributed by atoms with Crippen LogP contribution in [0.15, 0.2) is 36.4 Å². The molecule has 0 N–H and O–H groups in total. The largest absolute Gasteiger partial charge is 0.342 e. The molecule has 164 valence electrons. The van der Waals surface area contributed by atoms with E-state index >= 15 is 0 Å². The highest BCUT2D eigenvalue weighted by molar-refractivity contribution is 5.79. The van der Waals surface area contributed by atoms with Gasteiger partial charge in [-0.25, -0.2) is 0 Å². The van der Waals surface area contributed by atoms with E-state index in [0.717, 1.165) is 64.8 Å². The number of hydrogen-bond donors (Lipinski definition) is 0. The van der Waals surface area contributed by atoms with Crippen LogP contribution in [0, 0.1) is 11.8 Å². The van der Waals surface area contributed by atoms with Gasteiger partial charge < -0.3 is 14.7 Å². The topological polar surface area (TPSA) is 26.8 Å². The number of allylic oxidation sites excluding steroid dienone is 2. The van der Waals surface area contributed by atoms with Gasteiger partial charge in [-0.3, -0.25) is 4.79 Å². The Bertz CT molecular complexity index is 723. The van der Waals surface area contributed by atoms with Crippen LogP contribution in [0.3, 0.4) is 0 Å². The van der Waals surface area contributed by atoms with Gasteiger partial charge in [0, 0.05) is 45.2 Å². The van der Waals surface area contributed by atoms with Crippen LogP contribution in [0.5, 0.6) is 0 Å². The van der Waals surface area contributed by atoms with Crippen LogP contribution in [0.1, 0.15) is 43.2 Å². The second-order valence-corrected chi connectivity index (χ2v) is 9.64. The molecule has 4 heteroatoms. The van der Waals surface area contributed by atoms with E-state index in [0.29, 0.717) is 11.8 Å². The number of piperazine rings is 1. The second-order valence-electron chi connectivity index (χ2n) is 9.64. The monoisotopic (exact) mass is 409 g/mol. The van der Waals surface area contributed by atoms with Crippen molar-refractivity contribution in [3.63, 3.8) is 0 Å². The number of rotatable bonds is 7. The van der Waals surface area contributed by atoms with Crippen molar-refractivity contribution >= 4 is 5.91 Å². The van der Waals surface area contributed by atoms with Gasteiger partial charge >= 0.3 is 0 Å². The Labute approximate surface area is 182 Å². The van der Waals surface area contributed by atoms with Gasteiger partial charge in [-0.1, -0.05) is 36.4 Å². The predicted octanol–water partition coefficient (Wildman–Crippen LogP) is 3.61. The van der Waals surface area contributed by atoms with Gasteiger partial charge in [0.1, 0.15) is 0 Å². The van der Waals surface area contributed by atoms with Gasteiger partial charge in [-0.15, -0.1) is 0 Å². The van der Waals surface area contributed by atoms with Crippen LogP contribution in [0.25, 0.3) is 0 Å². The lowest BCUT2D eigenvalue weighted by Gasteiger charge is -2.35. The van der Waals surface area contributed by atoms with Crippen LogP contribution in [-0.2, 0) is 17.6 Å². The lowest BCUT2D eigenvalue weighted by molar-refractivity contribution is -0.136. The molecule has 0 aromatic heterocycles. The number of hydrogen-bond acceptors (Lipinski definition) is 3. The van der Waals surface area contributed by atoms with E-state index in [9.17, 15) is 4.79 Å². The molecule has 0 saturated carbocycles. The smallest absolute Gasteiger partial charge is 0.226 e. The van der Waals surface area contributed by atoms with E-state index < -0.39 is 0 Å². The maximum Gasteiger partial charge on any atom is 0.226 e. The molecule has 1 fully saturated rings. The zero-order valence-electron chi connectivity index (χ0n) is 18.8. The summed E-state index contributed by atoms with van der Waals surface area (Å²) in [5, 5.41) is 0. The van der Waals surface area contributed by atoms with Gasteiger partial charge in [-0.2, -0.15) is 0 Å². The fourth-order valence-electron chi connectivity index (χ4n) is 5.35. The number of amides is 1. The first-order valence-electron chi connectivity index (χ1n) is 12.1. The molecule has 3 aliphatic rings. The zero-order chi connectivity index (χ0) is 20.8. The van der Waals surface area contributed by atoms with E-state index in [2.05, 4.69) is 58.2 Å². The van der Waals surface area contributed by atoms with Gasteiger partial charge in [0.05, 0.1) is 0 Å². The van der Waals surface area contributed by atoms with Crippen LogP contribution < -0.4 is 0 Å². The Balaban J connectivity index is 1.35. The molecule has 1 saturated heterocycles. The zero-order valence-corrected chi connectivity index (χ0v) is 18.8. The van der Waals surface area contributed by atoms with E-state index in [1.807, 2.05) is 0 Å². The molecule has 4 rings (SSSR count). The molecule has 4 nitrogen and oxygen atoms in total. The number of benzene rings is 1. The lowest BCUT2D eigenvalue weighted by Crippen LogP contribution is -2.46. The average Bonchev–Trinajstić information content (AvgIpc) is 2.79. The Morgan fingerprint density at radius 1 is 1.07 bits per heavy atom. The molecule has 1 aromatic carbocycles. The summed E-state index contributed by atoms with van der Waals surface area (Å²) in [6, 6.07) is 8.70. The standard InChI is InChI=1S/C26H39N3O/c1-27-16-18-28(19-17-27)14-7-15-29(21-22-8-3-2-4-9-22)26(30)25-13-12-23-10-5-6-11-24(23)20-25/h2-3,5-6,10-11,22,25H,4,7-9,12-21H2,1H3/t22-,25+/m1/s1. The Kier molecular flexibility index (Phi) is 7.62. The Hall–Kier alpha value is -1.65. The van der Waals surface area contributed by atoms with Crippen molar-refractivity contribution in [2.45, 2.75) is 44.9 Å². The molecular weight excluding hydrogens is 370 g/mol. The normalized spacial score (nSPS) is 25.1. The summed E-state index contributed by atoms with van der Waals surface area (Å²) in [6.45, 7) is 7.65. The number of nitrogens with zero attached hydrogens (tertiary/aromatic N) is 3. The van der Waals surface area contributed by atoms with E-state index in [-0.39, 0.29) is 5.92 Å². The molecule has 1 amide bonds. The first kappa shape index (κ1) is 21.6. The minimum Gasteiger partial charge on any atom is -0.342 e. The molecule has 1 aliphatic heterocycles. The van der Waals surface area contributed by atoms with Gasteiger partial charge in [0.15, 0.2) is 0 Å². The number of likely N-dealkylation sites (N-methyl/N-ethyl adjacent to an activating group) is 1. The van der Waals surface area contributed by atoms with E-state index in [1.165, 1.54) is 37.1 Å². The fourth-order valence-corrected chi connectivity index (χ4v) is 5.35. The van der Waals surface area contributed by atoms with Gasteiger partial charge in [0.25, 0.3) is 0 Å². The van der Waals surface area contributed by atoms with Crippen LogP contribution in [0.4, 0.5) is 0 Å². The van der Waals surface area contributed by atoms with Gasteiger partial charge in [0.2, 0.25) is 5.91 Å². The van der Waals surface area contributed by atoms with Crippen molar-refractivity contribution in [1.82, 2.24) is 14.7 Å². The van der Waals surface area contributed by atoms with Crippen molar-refractivity contribution in [2.24, 2.45) is 11.8 Å². The molecule has 0 radical (unpaired) electrons. The summed E-state index contributed by atoms with van der Waals surface area (Å²) in [6.07, 6.45) is 12.2. The number of fused-ring (bicyclic) bond motifs is 1. The third kappa shape index (κ3) is 5.73. The van der Waals surface area contributed by atoms with Crippen molar-refractivity contribution in [3.8, 4) is 0 Å². The SMILES string of the molecule is CN1CCN(CCCN(C[C@@H]2CC=CCC2)C(=O)[C@H]2CCc3ccccc3C2)CC1. The first-order chi connectivity index (χ1) is 14.7. The van der Waals surface area contributed by atoms with Crippen molar-refractivity contribution in [2.75, 3.05) is 52.9 Å². The summed E-state index contributed by atoms with van der Waals surface area (Å²) in [5.74, 6) is 1.22. The molecule has 1 aromatic rings. The third-order valence-corrected chi connectivity index (χ3v) is 7.36. The molecule has 2 atom stereocenters. The second kappa shape index (κ2) is 10.6. The van der Waals surface area contributed by atoms with Crippen molar-refractivity contribution < 1.29 is 4.79 Å². The van der Waals surface area contributed by atoms with Crippen molar-refractivity contribution in [3.05, 3.63) is 47.5 Å². The summed E-state index contributed by atoms with van der Waals surface area (Å²) >= 11 is 0. The van der Waals surface area contributed by atoms with Crippen LogP contribution >= 0.6 is 0 Å². The Morgan fingerprint density at radius 2 is 1.87 bits per heavy atom.